The van der Waals surface area contributed by atoms with E-state index >= 15 is 0 Å². The summed E-state index contributed by atoms with van der Waals surface area (Å²) in [5.74, 6) is -0.471. The average Bonchev–Trinajstić information content (AvgIpc) is 2.16. The van der Waals surface area contributed by atoms with E-state index < -0.39 is 5.97 Å². The summed E-state index contributed by atoms with van der Waals surface area (Å²) in [6, 6.07) is 4.61. The van der Waals surface area contributed by atoms with Crippen LogP contribution >= 0.6 is 0 Å². The molecule has 0 bridgehead atoms. The molecule has 0 saturated heterocycles. The van der Waals surface area contributed by atoms with Crippen molar-refractivity contribution >= 4 is 5.97 Å². The Morgan fingerprint density at radius 2 is 2.31 bits per heavy atom. The number of hydrogen-bond acceptors (Lipinski definition) is 4. The van der Waals surface area contributed by atoms with Gasteiger partial charge in [0.1, 0.15) is 5.75 Å². The number of hydrogen-bond donors (Lipinski definition) is 2. The fraction of sp³-hybridized carbons (Fsp3) is 0.222. The predicted molar refractivity (Wildman–Crippen MR) is 47.3 cm³/mol. The van der Waals surface area contributed by atoms with Crippen LogP contribution in [0.1, 0.15) is 15.9 Å². The third-order valence-electron chi connectivity index (χ3n) is 1.76. The summed E-state index contributed by atoms with van der Waals surface area (Å²) >= 11 is 0. The highest BCUT2D eigenvalue weighted by molar-refractivity contribution is 5.91. The molecule has 0 fully saturated rings. The zero-order valence-corrected chi connectivity index (χ0v) is 7.28. The Bertz CT molecular complexity index is 323. The summed E-state index contributed by atoms with van der Waals surface area (Å²) in [6.07, 6.45) is 0. The molecule has 0 aliphatic rings. The number of ether oxygens (including phenoxy) is 1. The first kappa shape index (κ1) is 9.54. The minimum atomic E-state index is -0.489. The molecule has 0 spiro atoms. The van der Waals surface area contributed by atoms with Gasteiger partial charge in [-0.2, -0.15) is 0 Å². The van der Waals surface area contributed by atoms with Crippen LogP contribution in [-0.2, 0) is 11.3 Å². The highest BCUT2D eigenvalue weighted by atomic mass is 16.5. The van der Waals surface area contributed by atoms with Gasteiger partial charge in [0.25, 0.3) is 0 Å². The lowest BCUT2D eigenvalue weighted by Gasteiger charge is -2.06. The number of phenols is 1. The highest BCUT2D eigenvalue weighted by Gasteiger charge is 2.12. The van der Waals surface area contributed by atoms with Crippen LogP contribution in [0, 0.1) is 0 Å². The topological polar surface area (TPSA) is 72.5 Å². The van der Waals surface area contributed by atoms with Crippen molar-refractivity contribution in [1.29, 1.82) is 0 Å². The molecule has 0 atom stereocenters. The summed E-state index contributed by atoms with van der Waals surface area (Å²) < 4.78 is 4.53. The lowest BCUT2D eigenvalue weighted by molar-refractivity contribution is 0.0599. The minimum Gasteiger partial charge on any atom is -0.508 e. The van der Waals surface area contributed by atoms with E-state index in [0.29, 0.717) is 11.1 Å². The monoisotopic (exact) mass is 181 g/mol. The molecule has 1 rings (SSSR count). The molecule has 13 heavy (non-hydrogen) atoms. The lowest BCUT2D eigenvalue weighted by Crippen LogP contribution is -2.08. The van der Waals surface area contributed by atoms with Gasteiger partial charge in [-0.1, -0.05) is 6.07 Å². The van der Waals surface area contributed by atoms with E-state index in [4.69, 9.17) is 5.73 Å². The SMILES string of the molecule is COC(=O)c1cccc(O)c1CN. The average molecular weight is 181 g/mol. The lowest BCUT2D eigenvalue weighted by atomic mass is 10.1. The van der Waals surface area contributed by atoms with E-state index in [9.17, 15) is 9.90 Å². The summed E-state index contributed by atoms with van der Waals surface area (Å²) in [6.45, 7) is 0.108. The third-order valence-corrected chi connectivity index (χ3v) is 1.76. The number of carbonyl (C=O) groups excluding carboxylic acids is 1. The molecule has 4 heteroatoms. The smallest absolute Gasteiger partial charge is 0.338 e. The van der Waals surface area contributed by atoms with Gasteiger partial charge in [0.2, 0.25) is 0 Å². The second-order valence-corrected chi connectivity index (χ2v) is 2.50. The van der Waals surface area contributed by atoms with Crippen LogP contribution in [0.3, 0.4) is 0 Å². The Balaban J connectivity index is 3.20. The molecule has 1 aromatic rings. The van der Waals surface area contributed by atoms with Gasteiger partial charge in [-0.25, -0.2) is 4.79 Å². The van der Waals surface area contributed by atoms with Crippen molar-refractivity contribution < 1.29 is 14.6 Å². The van der Waals surface area contributed by atoms with E-state index in [1.54, 1.807) is 12.1 Å². The quantitative estimate of drug-likeness (QED) is 0.656. The summed E-state index contributed by atoms with van der Waals surface area (Å²) in [4.78, 5) is 11.2. The molecular formula is C9H11NO3. The van der Waals surface area contributed by atoms with Gasteiger partial charge in [-0.15, -0.1) is 0 Å². The van der Waals surface area contributed by atoms with Gasteiger partial charge in [-0.3, -0.25) is 0 Å². The number of methoxy groups -OCH3 is 1. The molecule has 0 aromatic heterocycles. The van der Waals surface area contributed by atoms with Crippen LogP contribution in [0.5, 0.6) is 5.75 Å². The summed E-state index contributed by atoms with van der Waals surface area (Å²) in [5.41, 5.74) is 6.10. The van der Waals surface area contributed by atoms with Crippen molar-refractivity contribution in [2.24, 2.45) is 5.73 Å². The Hall–Kier alpha value is -1.55. The standard InChI is InChI=1S/C9H11NO3/c1-13-9(12)6-3-2-4-8(11)7(6)5-10/h2-4,11H,5,10H2,1H3. The van der Waals surface area contributed by atoms with Gasteiger partial charge >= 0.3 is 5.97 Å². The summed E-state index contributed by atoms with van der Waals surface area (Å²) in [5, 5.41) is 9.35. The largest absolute Gasteiger partial charge is 0.508 e. The maximum Gasteiger partial charge on any atom is 0.338 e. The molecule has 0 amide bonds. The molecule has 0 aliphatic heterocycles. The van der Waals surface area contributed by atoms with Crippen molar-refractivity contribution in [2.75, 3.05) is 7.11 Å². The van der Waals surface area contributed by atoms with E-state index in [1.165, 1.54) is 13.2 Å². The number of carbonyl (C=O) groups is 1. The van der Waals surface area contributed by atoms with Crippen molar-refractivity contribution in [1.82, 2.24) is 0 Å². The van der Waals surface area contributed by atoms with Gasteiger partial charge in [0.15, 0.2) is 0 Å². The second-order valence-electron chi connectivity index (χ2n) is 2.50. The van der Waals surface area contributed by atoms with Crippen LogP contribution in [0.25, 0.3) is 0 Å². The maximum atomic E-state index is 11.2. The van der Waals surface area contributed by atoms with E-state index in [1.807, 2.05) is 0 Å². The van der Waals surface area contributed by atoms with Gasteiger partial charge in [-0.05, 0) is 12.1 Å². The molecule has 0 aliphatic carbocycles. The normalized spacial score (nSPS) is 9.69. The van der Waals surface area contributed by atoms with E-state index in [0.717, 1.165) is 0 Å². The molecule has 0 saturated carbocycles. The van der Waals surface area contributed by atoms with Crippen LogP contribution in [0.15, 0.2) is 18.2 Å². The van der Waals surface area contributed by atoms with Crippen LogP contribution in [-0.4, -0.2) is 18.2 Å². The molecule has 4 nitrogen and oxygen atoms in total. The number of aromatic hydroxyl groups is 1. The molecule has 1 aromatic carbocycles. The third kappa shape index (κ3) is 1.78. The van der Waals surface area contributed by atoms with E-state index in [2.05, 4.69) is 4.74 Å². The first-order chi connectivity index (χ1) is 6.20. The van der Waals surface area contributed by atoms with Gasteiger partial charge in [0, 0.05) is 12.1 Å². The molecule has 70 valence electrons. The van der Waals surface area contributed by atoms with Crippen molar-refractivity contribution in [2.45, 2.75) is 6.54 Å². The fourth-order valence-electron chi connectivity index (χ4n) is 1.09. The highest BCUT2D eigenvalue weighted by Crippen LogP contribution is 2.20. The van der Waals surface area contributed by atoms with Gasteiger partial charge in [0.05, 0.1) is 12.7 Å². The molecule has 0 unspecified atom stereocenters. The van der Waals surface area contributed by atoms with Crippen LogP contribution in [0.2, 0.25) is 0 Å². The number of esters is 1. The van der Waals surface area contributed by atoms with Crippen molar-refractivity contribution in [3.05, 3.63) is 29.3 Å². The number of rotatable bonds is 2. The van der Waals surface area contributed by atoms with Crippen molar-refractivity contribution in [3.63, 3.8) is 0 Å². The molecular weight excluding hydrogens is 170 g/mol. The Kier molecular flexibility index (Phi) is 2.87. The van der Waals surface area contributed by atoms with E-state index in [-0.39, 0.29) is 12.3 Å². The number of nitrogens with two attached hydrogens (primary N) is 1. The Morgan fingerprint density at radius 1 is 1.62 bits per heavy atom. The Labute approximate surface area is 75.9 Å². The van der Waals surface area contributed by atoms with Crippen LogP contribution < -0.4 is 5.73 Å². The minimum absolute atomic E-state index is 0.0189. The fourth-order valence-corrected chi connectivity index (χ4v) is 1.09. The molecule has 3 N–H and O–H groups in total. The van der Waals surface area contributed by atoms with Gasteiger partial charge < -0.3 is 15.6 Å². The van der Waals surface area contributed by atoms with Crippen molar-refractivity contribution in [3.8, 4) is 5.75 Å². The number of benzene rings is 1. The summed E-state index contributed by atoms with van der Waals surface area (Å²) in [7, 11) is 1.28. The zero-order valence-electron chi connectivity index (χ0n) is 7.28. The van der Waals surface area contributed by atoms with Crippen LogP contribution in [0.4, 0.5) is 0 Å². The predicted octanol–water partition coefficient (Wildman–Crippen LogP) is 0.637. The number of phenolic OH excluding ortho intramolecular Hbond substituents is 1. The molecule has 0 radical (unpaired) electrons. The molecule has 0 heterocycles. The first-order valence-corrected chi connectivity index (χ1v) is 3.80. The zero-order chi connectivity index (χ0) is 9.84. The first-order valence-electron chi connectivity index (χ1n) is 3.80. The second kappa shape index (κ2) is 3.91. The maximum absolute atomic E-state index is 11.2. The Morgan fingerprint density at radius 3 is 2.85 bits per heavy atom.